The molecule has 21 heavy (non-hydrogen) atoms. The van der Waals surface area contributed by atoms with Crippen LogP contribution < -0.4 is 0 Å². The summed E-state index contributed by atoms with van der Waals surface area (Å²) >= 11 is 0. The molecule has 0 saturated carbocycles. The van der Waals surface area contributed by atoms with Crippen molar-refractivity contribution in [2.45, 2.75) is 104 Å². The fourth-order valence-corrected chi connectivity index (χ4v) is 2.72. The molecule has 0 aromatic carbocycles. The molecule has 0 aliphatic carbocycles. The summed E-state index contributed by atoms with van der Waals surface area (Å²) in [5.74, 6) is 1.07. The third-order valence-corrected chi connectivity index (χ3v) is 4.18. The maximum Gasteiger partial charge on any atom is 0.155 e. The van der Waals surface area contributed by atoms with Gasteiger partial charge in [0.25, 0.3) is 0 Å². The SMILES string of the molecule is C=CC(=O)CCCCCCCCCCCCCCC(C)C. The van der Waals surface area contributed by atoms with Crippen molar-refractivity contribution in [2.24, 2.45) is 5.92 Å². The molecule has 0 unspecified atom stereocenters. The van der Waals surface area contributed by atoms with Crippen LogP contribution in [-0.2, 0) is 4.79 Å². The minimum Gasteiger partial charge on any atom is -0.295 e. The number of ketones is 1. The summed E-state index contributed by atoms with van der Waals surface area (Å²) in [6, 6.07) is 0. The smallest absolute Gasteiger partial charge is 0.155 e. The van der Waals surface area contributed by atoms with E-state index < -0.39 is 0 Å². The molecule has 0 rings (SSSR count). The lowest BCUT2D eigenvalue weighted by molar-refractivity contribution is -0.114. The maximum atomic E-state index is 11.0. The van der Waals surface area contributed by atoms with Crippen LogP contribution in [0.4, 0.5) is 0 Å². The van der Waals surface area contributed by atoms with E-state index in [2.05, 4.69) is 20.4 Å². The number of carbonyl (C=O) groups is 1. The van der Waals surface area contributed by atoms with Crippen LogP contribution in [0.2, 0.25) is 0 Å². The van der Waals surface area contributed by atoms with Gasteiger partial charge in [0.15, 0.2) is 5.78 Å². The zero-order chi connectivity index (χ0) is 15.8. The first-order chi connectivity index (χ1) is 10.2. The number of rotatable bonds is 16. The molecule has 0 saturated heterocycles. The normalized spacial score (nSPS) is 11.0. The molecule has 0 aromatic heterocycles. The van der Waals surface area contributed by atoms with Gasteiger partial charge in [-0.05, 0) is 18.4 Å². The van der Waals surface area contributed by atoms with Crippen molar-refractivity contribution >= 4 is 5.78 Å². The van der Waals surface area contributed by atoms with Crippen molar-refractivity contribution in [3.8, 4) is 0 Å². The van der Waals surface area contributed by atoms with Gasteiger partial charge < -0.3 is 0 Å². The highest BCUT2D eigenvalue weighted by Gasteiger charge is 1.97. The molecule has 0 aromatic rings. The number of hydrogen-bond donors (Lipinski definition) is 0. The van der Waals surface area contributed by atoms with Crippen LogP contribution in [0.1, 0.15) is 104 Å². The van der Waals surface area contributed by atoms with E-state index in [4.69, 9.17) is 0 Å². The number of allylic oxidation sites excluding steroid dienone is 1. The van der Waals surface area contributed by atoms with Gasteiger partial charge in [0, 0.05) is 6.42 Å². The first kappa shape index (κ1) is 20.4. The second kappa shape index (κ2) is 15.8. The Morgan fingerprint density at radius 1 is 0.762 bits per heavy atom. The molecule has 0 heterocycles. The van der Waals surface area contributed by atoms with Crippen LogP contribution in [0, 0.1) is 5.92 Å². The average molecular weight is 295 g/mol. The third-order valence-electron chi connectivity index (χ3n) is 4.18. The lowest BCUT2D eigenvalue weighted by Crippen LogP contribution is -1.91. The van der Waals surface area contributed by atoms with Crippen molar-refractivity contribution < 1.29 is 4.79 Å². The Kier molecular flexibility index (Phi) is 15.3. The molecule has 0 radical (unpaired) electrons. The predicted octanol–water partition coefficient (Wildman–Crippen LogP) is 6.86. The highest BCUT2D eigenvalue weighted by atomic mass is 16.1. The van der Waals surface area contributed by atoms with Crippen LogP contribution in [0.5, 0.6) is 0 Å². The van der Waals surface area contributed by atoms with Gasteiger partial charge in [0.05, 0.1) is 0 Å². The van der Waals surface area contributed by atoms with Gasteiger partial charge in [-0.15, -0.1) is 0 Å². The summed E-state index contributed by atoms with van der Waals surface area (Å²) < 4.78 is 0. The van der Waals surface area contributed by atoms with E-state index >= 15 is 0 Å². The lowest BCUT2D eigenvalue weighted by atomic mass is 10.0. The third kappa shape index (κ3) is 17.4. The molecule has 0 amide bonds. The monoisotopic (exact) mass is 294 g/mol. The summed E-state index contributed by atoms with van der Waals surface area (Å²) in [5.41, 5.74) is 0. The summed E-state index contributed by atoms with van der Waals surface area (Å²) in [5, 5.41) is 0. The highest BCUT2D eigenvalue weighted by Crippen LogP contribution is 2.14. The highest BCUT2D eigenvalue weighted by molar-refractivity contribution is 5.88. The van der Waals surface area contributed by atoms with Gasteiger partial charge >= 0.3 is 0 Å². The van der Waals surface area contributed by atoms with E-state index in [1.54, 1.807) is 0 Å². The summed E-state index contributed by atoms with van der Waals surface area (Å²) in [6.07, 6.45) is 19.8. The van der Waals surface area contributed by atoms with Gasteiger partial charge in [0.2, 0.25) is 0 Å². The molecule has 0 N–H and O–H groups in total. The fraction of sp³-hybridized carbons (Fsp3) is 0.850. The minimum absolute atomic E-state index is 0.198. The summed E-state index contributed by atoms with van der Waals surface area (Å²) in [7, 11) is 0. The van der Waals surface area contributed by atoms with Gasteiger partial charge in [-0.3, -0.25) is 4.79 Å². The van der Waals surface area contributed by atoms with E-state index in [1.807, 2.05) is 0 Å². The maximum absolute atomic E-state index is 11.0. The number of hydrogen-bond acceptors (Lipinski definition) is 1. The van der Waals surface area contributed by atoms with Crippen LogP contribution in [0.25, 0.3) is 0 Å². The van der Waals surface area contributed by atoms with E-state index in [0.29, 0.717) is 6.42 Å². The molecule has 124 valence electrons. The van der Waals surface area contributed by atoms with E-state index in [9.17, 15) is 4.79 Å². The van der Waals surface area contributed by atoms with Crippen LogP contribution >= 0.6 is 0 Å². The molecule has 0 fully saturated rings. The topological polar surface area (TPSA) is 17.1 Å². The average Bonchev–Trinajstić information content (AvgIpc) is 2.46. The van der Waals surface area contributed by atoms with Gasteiger partial charge in [-0.25, -0.2) is 0 Å². The molecule has 0 aliphatic rings. The standard InChI is InChI=1S/C20H38O/c1-4-20(21)18-16-14-12-10-8-6-5-7-9-11-13-15-17-19(2)3/h4,19H,1,5-18H2,2-3H3. The molecule has 0 spiro atoms. The van der Waals surface area contributed by atoms with Crippen molar-refractivity contribution in [1.29, 1.82) is 0 Å². The first-order valence-electron chi connectivity index (χ1n) is 9.32. The van der Waals surface area contributed by atoms with Crippen molar-refractivity contribution in [2.75, 3.05) is 0 Å². The fourth-order valence-electron chi connectivity index (χ4n) is 2.72. The van der Waals surface area contributed by atoms with Gasteiger partial charge in [-0.2, -0.15) is 0 Å². The zero-order valence-electron chi connectivity index (χ0n) is 14.7. The summed E-state index contributed by atoms with van der Waals surface area (Å²) in [6.45, 7) is 8.13. The molecule has 1 heteroatoms. The largest absolute Gasteiger partial charge is 0.295 e. The first-order valence-corrected chi connectivity index (χ1v) is 9.32. The van der Waals surface area contributed by atoms with Crippen LogP contribution in [0.15, 0.2) is 12.7 Å². The van der Waals surface area contributed by atoms with E-state index in [0.717, 1.165) is 12.3 Å². The number of carbonyl (C=O) groups excluding carboxylic acids is 1. The summed E-state index contributed by atoms with van der Waals surface area (Å²) in [4.78, 5) is 11.0. The van der Waals surface area contributed by atoms with Gasteiger partial charge in [0.1, 0.15) is 0 Å². The molecule has 0 atom stereocenters. The number of unbranched alkanes of at least 4 members (excludes halogenated alkanes) is 11. The molecule has 0 aliphatic heterocycles. The Hall–Kier alpha value is -0.590. The van der Waals surface area contributed by atoms with Crippen molar-refractivity contribution in [3.05, 3.63) is 12.7 Å². The van der Waals surface area contributed by atoms with Crippen molar-refractivity contribution in [3.63, 3.8) is 0 Å². The quantitative estimate of drug-likeness (QED) is 0.224. The molecule has 1 nitrogen and oxygen atoms in total. The van der Waals surface area contributed by atoms with Crippen LogP contribution in [-0.4, -0.2) is 5.78 Å². The van der Waals surface area contributed by atoms with E-state index in [1.165, 1.54) is 83.1 Å². The predicted molar refractivity (Wildman–Crippen MR) is 94.7 cm³/mol. The Bertz CT molecular complexity index is 242. The van der Waals surface area contributed by atoms with Gasteiger partial charge in [-0.1, -0.05) is 97.5 Å². The molecular formula is C20H38O. The second-order valence-electron chi connectivity index (χ2n) is 6.85. The Morgan fingerprint density at radius 2 is 1.14 bits per heavy atom. The Balaban J connectivity index is 3.02. The van der Waals surface area contributed by atoms with E-state index in [-0.39, 0.29) is 5.78 Å². The minimum atomic E-state index is 0.198. The Morgan fingerprint density at radius 3 is 1.52 bits per heavy atom. The lowest BCUT2D eigenvalue weighted by Gasteiger charge is -2.04. The van der Waals surface area contributed by atoms with Crippen LogP contribution in [0.3, 0.4) is 0 Å². The Labute approximate surface area is 133 Å². The second-order valence-corrected chi connectivity index (χ2v) is 6.85. The van der Waals surface area contributed by atoms with Crippen molar-refractivity contribution in [1.82, 2.24) is 0 Å². The molecular weight excluding hydrogens is 256 g/mol. The zero-order valence-corrected chi connectivity index (χ0v) is 14.7. The molecule has 0 bridgehead atoms.